The molecule has 0 bridgehead atoms. The van der Waals surface area contributed by atoms with E-state index in [1.807, 2.05) is 18.7 Å². The van der Waals surface area contributed by atoms with Crippen molar-refractivity contribution in [1.82, 2.24) is 5.32 Å². The molecular formula is C25H32FN7O3. The summed E-state index contributed by atoms with van der Waals surface area (Å²) in [6, 6.07) is 6.81. The van der Waals surface area contributed by atoms with Crippen LogP contribution in [0.15, 0.2) is 30.3 Å². The highest BCUT2D eigenvalue weighted by Gasteiger charge is 2.28. The molecule has 1 saturated heterocycles. The molecule has 0 saturated carbocycles. The molecule has 1 amide bonds. The Morgan fingerprint density at radius 2 is 1.86 bits per heavy atom. The number of carbonyl (C=O) groups excluding carboxylic acids is 1. The van der Waals surface area contributed by atoms with Gasteiger partial charge < -0.3 is 31.2 Å². The zero-order chi connectivity index (χ0) is 26.6. The number of anilines is 3. The molecule has 3 rings (SSSR count). The standard InChI is InChI=1S/C25H32FN7O3/c1-4-31-25(35)24(30)33(15-5-6-20(18(26)11-15)32-7-9-36-10-8-32)23(29)17-12-16(22(28)14(2)3)19(27)13-21(17)34/h5-6,11-14,28-30,34H,4,7-10,27H2,1-3H3,(H,31,35). The lowest BCUT2D eigenvalue weighted by atomic mass is 9.95. The molecule has 0 unspecified atom stereocenters. The van der Waals surface area contributed by atoms with Gasteiger partial charge in [0.25, 0.3) is 5.91 Å². The maximum Gasteiger partial charge on any atom is 0.287 e. The van der Waals surface area contributed by atoms with E-state index in [0.29, 0.717) is 37.6 Å². The number of phenolic OH excluding ortho intramolecular Hbond substituents is 1. The third-order valence-electron chi connectivity index (χ3n) is 5.83. The number of likely N-dealkylation sites (N-methyl/N-ethyl adjacent to an activating group) is 1. The van der Waals surface area contributed by atoms with E-state index in [1.54, 1.807) is 6.92 Å². The summed E-state index contributed by atoms with van der Waals surface area (Å²) >= 11 is 0. The van der Waals surface area contributed by atoms with Crippen LogP contribution in [-0.2, 0) is 9.53 Å². The summed E-state index contributed by atoms with van der Waals surface area (Å²) < 4.78 is 20.5. The number of amides is 1. The quantitative estimate of drug-likeness (QED) is 0.204. The van der Waals surface area contributed by atoms with Crippen LogP contribution >= 0.6 is 0 Å². The molecule has 1 aliphatic rings. The highest BCUT2D eigenvalue weighted by molar-refractivity contribution is 6.48. The topological polar surface area (TPSA) is 163 Å². The first-order valence-electron chi connectivity index (χ1n) is 11.7. The second kappa shape index (κ2) is 11.2. The number of carbonyl (C=O) groups is 1. The summed E-state index contributed by atoms with van der Waals surface area (Å²) in [4.78, 5) is 15.4. The number of morpholine rings is 1. The van der Waals surface area contributed by atoms with Gasteiger partial charge in [0.1, 0.15) is 17.4 Å². The van der Waals surface area contributed by atoms with E-state index in [1.165, 1.54) is 24.3 Å². The second-order valence-corrected chi connectivity index (χ2v) is 8.65. The van der Waals surface area contributed by atoms with E-state index in [4.69, 9.17) is 26.7 Å². The van der Waals surface area contributed by atoms with E-state index in [0.717, 1.165) is 11.0 Å². The Balaban J connectivity index is 2.09. The van der Waals surface area contributed by atoms with E-state index in [9.17, 15) is 9.90 Å². The van der Waals surface area contributed by atoms with Gasteiger partial charge in [0.15, 0.2) is 5.84 Å². The van der Waals surface area contributed by atoms with Gasteiger partial charge in [-0.05, 0) is 31.0 Å². The van der Waals surface area contributed by atoms with Gasteiger partial charge in [-0.3, -0.25) is 20.5 Å². The first kappa shape index (κ1) is 26.6. The lowest BCUT2D eigenvalue weighted by Gasteiger charge is -2.30. The molecule has 0 aliphatic carbocycles. The van der Waals surface area contributed by atoms with E-state index >= 15 is 4.39 Å². The molecule has 7 N–H and O–H groups in total. The van der Waals surface area contributed by atoms with Crippen molar-refractivity contribution < 1.29 is 19.0 Å². The number of nitrogen functional groups attached to an aromatic ring is 1. The second-order valence-electron chi connectivity index (χ2n) is 8.65. The Hall–Kier alpha value is -3.99. The van der Waals surface area contributed by atoms with Gasteiger partial charge in [-0.25, -0.2) is 4.39 Å². The highest BCUT2D eigenvalue weighted by atomic mass is 19.1. The van der Waals surface area contributed by atoms with Gasteiger partial charge in [-0.1, -0.05) is 13.8 Å². The van der Waals surface area contributed by atoms with Gasteiger partial charge in [0.2, 0.25) is 0 Å². The number of ether oxygens (including phenoxy) is 1. The Kier molecular flexibility index (Phi) is 8.25. The summed E-state index contributed by atoms with van der Waals surface area (Å²) in [5.41, 5.74) is 7.05. The van der Waals surface area contributed by atoms with E-state index in [-0.39, 0.29) is 40.9 Å². The Labute approximate surface area is 209 Å². The average Bonchev–Trinajstić information content (AvgIpc) is 2.84. The van der Waals surface area contributed by atoms with Crippen LogP contribution in [0.4, 0.5) is 21.5 Å². The van der Waals surface area contributed by atoms with Crippen molar-refractivity contribution in [2.75, 3.05) is 48.4 Å². The average molecular weight is 498 g/mol. The first-order valence-corrected chi connectivity index (χ1v) is 11.7. The minimum absolute atomic E-state index is 0.0578. The number of benzene rings is 2. The van der Waals surface area contributed by atoms with Gasteiger partial charge in [-0.15, -0.1) is 0 Å². The Morgan fingerprint density at radius 1 is 1.19 bits per heavy atom. The van der Waals surface area contributed by atoms with Crippen molar-refractivity contribution in [1.29, 1.82) is 16.2 Å². The Bertz CT molecular complexity index is 1190. The van der Waals surface area contributed by atoms with Gasteiger partial charge in [0.05, 0.1) is 30.2 Å². The monoisotopic (exact) mass is 497 g/mol. The van der Waals surface area contributed by atoms with Crippen molar-refractivity contribution in [2.24, 2.45) is 5.92 Å². The number of nitrogens with one attached hydrogen (secondary N) is 4. The van der Waals surface area contributed by atoms with E-state index in [2.05, 4.69) is 5.32 Å². The number of hydrogen-bond acceptors (Lipinski definition) is 8. The lowest BCUT2D eigenvalue weighted by Crippen LogP contribution is -2.46. The minimum atomic E-state index is -0.773. The van der Waals surface area contributed by atoms with Crippen LogP contribution in [0.1, 0.15) is 31.9 Å². The largest absolute Gasteiger partial charge is 0.507 e. The van der Waals surface area contributed by atoms with Crippen LogP contribution in [-0.4, -0.2) is 61.2 Å². The summed E-state index contributed by atoms with van der Waals surface area (Å²) in [5.74, 6) is -2.97. The fourth-order valence-electron chi connectivity index (χ4n) is 3.87. The summed E-state index contributed by atoms with van der Waals surface area (Å²) in [6.07, 6.45) is 0. The zero-order valence-electron chi connectivity index (χ0n) is 20.6. The van der Waals surface area contributed by atoms with Crippen LogP contribution in [0, 0.1) is 28.0 Å². The molecule has 192 valence electrons. The SMILES string of the molecule is CCNC(=O)C(=N)N(C(=N)c1cc(C(=N)C(C)C)c(N)cc1O)c1ccc(N2CCOCC2)c(F)c1. The van der Waals surface area contributed by atoms with Crippen LogP contribution in [0.5, 0.6) is 5.75 Å². The highest BCUT2D eigenvalue weighted by Crippen LogP contribution is 2.31. The van der Waals surface area contributed by atoms with Crippen LogP contribution < -0.4 is 20.9 Å². The normalized spacial score (nSPS) is 13.4. The van der Waals surface area contributed by atoms with Gasteiger partial charge in [-0.2, -0.15) is 0 Å². The molecular weight excluding hydrogens is 465 g/mol. The van der Waals surface area contributed by atoms with Gasteiger partial charge >= 0.3 is 0 Å². The van der Waals surface area contributed by atoms with Crippen LogP contribution in [0.25, 0.3) is 0 Å². The summed E-state index contributed by atoms with van der Waals surface area (Å²) in [7, 11) is 0. The molecule has 0 spiro atoms. The fraction of sp³-hybridized carbons (Fsp3) is 0.360. The molecule has 1 fully saturated rings. The van der Waals surface area contributed by atoms with E-state index < -0.39 is 23.4 Å². The molecule has 2 aromatic rings. The van der Waals surface area contributed by atoms with Crippen LogP contribution in [0.2, 0.25) is 0 Å². The third-order valence-corrected chi connectivity index (χ3v) is 5.83. The number of aromatic hydroxyl groups is 1. The van der Waals surface area contributed by atoms with Crippen molar-refractivity contribution in [3.8, 4) is 5.75 Å². The van der Waals surface area contributed by atoms with Crippen molar-refractivity contribution in [3.63, 3.8) is 0 Å². The van der Waals surface area contributed by atoms with Crippen molar-refractivity contribution in [2.45, 2.75) is 20.8 Å². The Morgan fingerprint density at radius 3 is 2.44 bits per heavy atom. The number of hydrogen-bond donors (Lipinski definition) is 6. The van der Waals surface area contributed by atoms with Crippen LogP contribution in [0.3, 0.4) is 0 Å². The molecule has 1 heterocycles. The fourth-order valence-corrected chi connectivity index (χ4v) is 3.87. The maximum absolute atomic E-state index is 15.2. The molecule has 0 aromatic heterocycles. The molecule has 0 atom stereocenters. The predicted octanol–water partition coefficient (Wildman–Crippen LogP) is 2.92. The number of nitrogens with two attached hydrogens (primary N) is 1. The smallest absolute Gasteiger partial charge is 0.287 e. The molecule has 36 heavy (non-hydrogen) atoms. The molecule has 2 aromatic carbocycles. The number of halogens is 1. The first-order chi connectivity index (χ1) is 17.1. The number of phenols is 1. The van der Waals surface area contributed by atoms with Gasteiger partial charge in [0, 0.05) is 48.7 Å². The summed E-state index contributed by atoms with van der Waals surface area (Å²) in [5, 5.41) is 38.8. The number of rotatable bonds is 6. The molecule has 10 nitrogen and oxygen atoms in total. The van der Waals surface area contributed by atoms with Crippen molar-refractivity contribution >= 4 is 40.4 Å². The lowest BCUT2D eigenvalue weighted by molar-refractivity contribution is -0.114. The molecule has 11 heteroatoms. The molecule has 1 aliphatic heterocycles. The minimum Gasteiger partial charge on any atom is -0.507 e. The summed E-state index contributed by atoms with van der Waals surface area (Å²) in [6.45, 7) is 7.56. The number of amidine groups is 2. The zero-order valence-corrected chi connectivity index (χ0v) is 20.6. The predicted molar refractivity (Wildman–Crippen MR) is 139 cm³/mol. The maximum atomic E-state index is 15.2. The third kappa shape index (κ3) is 5.46. The van der Waals surface area contributed by atoms with Crippen molar-refractivity contribution in [3.05, 3.63) is 47.3 Å². The number of nitrogens with zero attached hydrogens (tertiary/aromatic N) is 2. The molecule has 0 radical (unpaired) electrons.